The van der Waals surface area contributed by atoms with Gasteiger partial charge in [0.2, 0.25) is 0 Å². The average Bonchev–Trinajstić information content (AvgIpc) is 2.40. The van der Waals surface area contributed by atoms with E-state index in [2.05, 4.69) is 0 Å². The molecule has 0 saturated heterocycles. The molecule has 0 aromatic heterocycles. The lowest BCUT2D eigenvalue weighted by Crippen LogP contribution is -2.03. The Balaban J connectivity index is 2.03. The Morgan fingerprint density at radius 2 is 1.74 bits per heavy atom. The molecular formula is C16H16F2O. The molecule has 0 fully saturated rings. The highest BCUT2D eigenvalue weighted by Crippen LogP contribution is 2.22. The van der Waals surface area contributed by atoms with Gasteiger partial charge in [0.15, 0.2) is 0 Å². The molecule has 0 radical (unpaired) electrons. The predicted molar refractivity (Wildman–Crippen MR) is 70.8 cm³/mol. The van der Waals surface area contributed by atoms with E-state index in [0.29, 0.717) is 12.8 Å². The van der Waals surface area contributed by atoms with Gasteiger partial charge in [0.05, 0.1) is 6.10 Å². The predicted octanol–water partition coefficient (Wildman–Crippen LogP) is 3.94. The van der Waals surface area contributed by atoms with Crippen molar-refractivity contribution >= 4 is 0 Å². The van der Waals surface area contributed by atoms with E-state index in [1.165, 1.54) is 5.56 Å². The first kappa shape index (κ1) is 13.7. The van der Waals surface area contributed by atoms with E-state index in [4.69, 9.17) is 0 Å². The molecule has 1 unspecified atom stereocenters. The van der Waals surface area contributed by atoms with Gasteiger partial charge in [-0.3, -0.25) is 0 Å². The van der Waals surface area contributed by atoms with Gasteiger partial charge >= 0.3 is 0 Å². The second-order valence-electron chi connectivity index (χ2n) is 4.71. The number of halogens is 2. The molecule has 2 aromatic carbocycles. The summed E-state index contributed by atoms with van der Waals surface area (Å²) >= 11 is 0. The summed E-state index contributed by atoms with van der Waals surface area (Å²) < 4.78 is 26.5. The first-order chi connectivity index (χ1) is 9.06. The minimum atomic E-state index is -0.989. The molecule has 0 heterocycles. The minimum Gasteiger partial charge on any atom is -0.388 e. The van der Waals surface area contributed by atoms with Crippen LogP contribution in [0.2, 0.25) is 0 Å². The summed E-state index contributed by atoms with van der Waals surface area (Å²) in [5.41, 5.74) is 2.26. The smallest absolute Gasteiger partial charge is 0.129 e. The molecule has 2 aromatic rings. The number of aryl methyl sites for hydroxylation is 2. The average molecular weight is 262 g/mol. The Bertz CT molecular complexity index is 549. The molecule has 0 aliphatic heterocycles. The zero-order valence-corrected chi connectivity index (χ0v) is 10.7. The largest absolute Gasteiger partial charge is 0.388 e. The van der Waals surface area contributed by atoms with Gasteiger partial charge in [-0.15, -0.1) is 0 Å². The van der Waals surface area contributed by atoms with Crippen LogP contribution in [0.25, 0.3) is 0 Å². The van der Waals surface area contributed by atoms with Crippen LogP contribution in [0.15, 0.2) is 42.5 Å². The van der Waals surface area contributed by atoms with Gasteiger partial charge < -0.3 is 5.11 Å². The van der Waals surface area contributed by atoms with E-state index in [1.807, 2.05) is 31.2 Å². The molecule has 0 aliphatic carbocycles. The highest BCUT2D eigenvalue weighted by atomic mass is 19.1. The first-order valence-corrected chi connectivity index (χ1v) is 6.25. The van der Waals surface area contributed by atoms with Crippen LogP contribution >= 0.6 is 0 Å². The molecule has 0 spiro atoms. The monoisotopic (exact) mass is 262 g/mol. The van der Waals surface area contributed by atoms with Gasteiger partial charge in [-0.25, -0.2) is 8.78 Å². The molecule has 1 nitrogen and oxygen atoms in total. The molecule has 2 rings (SSSR count). The second-order valence-corrected chi connectivity index (χ2v) is 4.71. The van der Waals surface area contributed by atoms with Gasteiger partial charge in [-0.1, -0.05) is 29.8 Å². The number of hydrogen-bond donors (Lipinski definition) is 1. The summed E-state index contributed by atoms with van der Waals surface area (Å²) in [6.45, 7) is 2.00. The van der Waals surface area contributed by atoms with E-state index >= 15 is 0 Å². The van der Waals surface area contributed by atoms with Crippen molar-refractivity contribution in [1.29, 1.82) is 0 Å². The van der Waals surface area contributed by atoms with Crippen LogP contribution in [-0.4, -0.2) is 5.11 Å². The van der Waals surface area contributed by atoms with Gasteiger partial charge in [0.25, 0.3) is 0 Å². The maximum absolute atomic E-state index is 13.5. The molecule has 0 amide bonds. The third-order valence-corrected chi connectivity index (χ3v) is 3.14. The lowest BCUT2D eigenvalue weighted by molar-refractivity contribution is 0.162. The number of aliphatic hydroxyl groups is 1. The molecule has 0 saturated carbocycles. The standard InChI is InChI=1S/C16H16F2O/c1-11-2-4-12(5-3-11)6-9-16(19)14-10-13(17)7-8-15(14)18/h2-5,7-8,10,16,19H,6,9H2,1H3. The van der Waals surface area contributed by atoms with Gasteiger partial charge in [-0.2, -0.15) is 0 Å². The zero-order valence-electron chi connectivity index (χ0n) is 10.7. The maximum atomic E-state index is 13.5. The summed E-state index contributed by atoms with van der Waals surface area (Å²) in [5.74, 6) is -1.11. The Morgan fingerprint density at radius 3 is 2.42 bits per heavy atom. The third-order valence-electron chi connectivity index (χ3n) is 3.14. The number of benzene rings is 2. The van der Waals surface area contributed by atoms with Gasteiger partial charge in [-0.05, 0) is 43.5 Å². The topological polar surface area (TPSA) is 20.2 Å². The fraction of sp³-hybridized carbons (Fsp3) is 0.250. The molecule has 0 aliphatic rings. The van der Waals surface area contributed by atoms with Gasteiger partial charge in [0.1, 0.15) is 11.6 Å². The molecular weight excluding hydrogens is 246 g/mol. The van der Waals surface area contributed by atoms with Crippen molar-refractivity contribution in [2.75, 3.05) is 0 Å². The van der Waals surface area contributed by atoms with E-state index < -0.39 is 17.7 Å². The molecule has 1 N–H and O–H groups in total. The number of hydrogen-bond acceptors (Lipinski definition) is 1. The Hall–Kier alpha value is -1.74. The van der Waals surface area contributed by atoms with Crippen LogP contribution in [0, 0.1) is 18.6 Å². The van der Waals surface area contributed by atoms with Crippen molar-refractivity contribution in [3.8, 4) is 0 Å². The highest BCUT2D eigenvalue weighted by molar-refractivity contribution is 5.23. The molecule has 100 valence electrons. The normalized spacial score (nSPS) is 12.4. The zero-order chi connectivity index (χ0) is 13.8. The summed E-state index contributed by atoms with van der Waals surface area (Å²) in [6, 6.07) is 11.1. The molecule has 1 atom stereocenters. The Morgan fingerprint density at radius 1 is 1.05 bits per heavy atom. The summed E-state index contributed by atoms with van der Waals surface area (Å²) in [6.07, 6.45) is -0.00195. The third kappa shape index (κ3) is 3.61. The Labute approximate surface area is 111 Å². The van der Waals surface area contributed by atoms with Crippen LogP contribution in [0.5, 0.6) is 0 Å². The van der Waals surface area contributed by atoms with E-state index in [-0.39, 0.29) is 5.56 Å². The van der Waals surface area contributed by atoms with Crippen molar-refractivity contribution in [3.63, 3.8) is 0 Å². The first-order valence-electron chi connectivity index (χ1n) is 6.25. The maximum Gasteiger partial charge on any atom is 0.129 e. The lowest BCUT2D eigenvalue weighted by atomic mass is 10.0. The van der Waals surface area contributed by atoms with Gasteiger partial charge in [0, 0.05) is 5.56 Å². The fourth-order valence-corrected chi connectivity index (χ4v) is 1.98. The van der Waals surface area contributed by atoms with Crippen LogP contribution in [0.4, 0.5) is 8.78 Å². The summed E-state index contributed by atoms with van der Waals surface area (Å²) in [4.78, 5) is 0. The fourth-order valence-electron chi connectivity index (χ4n) is 1.98. The van der Waals surface area contributed by atoms with E-state index in [1.54, 1.807) is 0 Å². The molecule has 0 bridgehead atoms. The van der Waals surface area contributed by atoms with Crippen LogP contribution in [-0.2, 0) is 6.42 Å². The van der Waals surface area contributed by atoms with E-state index in [0.717, 1.165) is 23.8 Å². The highest BCUT2D eigenvalue weighted by Gasteiger charge is 2.13. The van der Waals surface area contributed by atoms with Crippen molar-refractivity contribution in [1.82, 2.24) is 0 Å². The molecule has 19 heavy (non-hydrogen) atoms. The van der Waals surface area contributed by atoms with Crippen molar-refractivity contribution in [2.45, 2.75) is 25.9 Å². The van der Waals surface area contributed by atoms with Crippen LogP contribution in [0.3, 0.4) is 0 Å². The van der Waals surface area contributed by atoms with Crippen LogP contribution < -0.4 is 0 Å². The summed E-state index contributed by atoms with van der Waals surface area (Å²) in [5, 5.41) is 9.94. The minimum absolute atomic E-state index is 0.0205. The quantitative estimate of drug-likeness (QED) is 0.884. The van der Waals surface area contributed by atoms with E-state index in [9.17, 15) is 13.9 Å². The van der Waals surface area contributed by atoms with Crippen molar-refractivity contribution in [2.24, 2.45) is 0 Å². The number of rotatable bonds is 4. The molecule has 3 heteroatoms. The SMILES string of the molecule is Cc1ccc(CCC(O)c2cc(F)ccc2F)cc1. The Kier molecular flexibility index (Phi) is 4.27. The summed E-state index contributed by atoms with van der Waals surface area (Å²) in [7, 11) is 0. The second kappa shape index (κ2) is 5.93. The number of aliphatic hydroxyl groups excluding tert-OH is 1. The van der Waals surface area contributed by atoms with Crippen molar-refractivity contribution < 1.29 is 13.9 Å². The lowest BCUT2D eigenvalue weighted by Gasteiger charge is -2.12. The van der Waals surface area contributed by atoms with Crippen molar-refractivity contribution in [3.05, 3.63) is 70.8 Å². The van der Waals surface area contributed by atoms with Crippen LogP contribution in [0.1, 0.15) is 29.2 Å².